The van der Waals surface area contributed by atoms with Crippen molar-refractivity contribution >= 4 is 11.9 Å². The van der Waals surface area contributed by atoms with Gasteiger partial charge in [-0.25, -0.2) is 4.79 Å². The molecule has 6 heteroatoms. The molecule has 22 heavy (non-hydrogen) atoms. The Kier molecular flexibility index (Phi) is 4.13. The number of carbonyl (C=O) groups excluding carboxylic acids is 2. The normalized spacial score (nSPS) is 30.8. The SMILES string of the molecule is COC(=O)C1C(OC(=O)c2ccccc2)CC2CC[C@H]1N2[O]. The number of ether oxygens (including phenoxy) is 2. The summed E-state index contributed by atoms with van der Waals surface area (Å²) in [6.45, 7) is 0. The van der Waals surface area contributed by atoms with Gasteiger partial charge in [-0.2, -0.15) is 0 Å². The first kappa shape index (κ1) is 15.0. The minimum Gasteiger partial charge on any atom is -0.469 e. The molecule has 2 aliphatic heterocycles. The van der Waals surface area contributed by atoms with Crippen LogP contribution in [0.4, 0.5) is 0 Å². The van der Waals surface area contributed by atoms with Crippen LogP contribution in [-0.4, -0.2) is 42.3 Å². The highest BCUT2D eigenvalue weighted by Gasteiger charge is 2.53. The van der Waals surface area contributed by atoms with Crippen molar-refractivity contribution in [1.29, 1.82) is 0 Å². The van der Waals surface area contributed by atoms with Gasteiger partial charge in [0.1, 0.15) is 12.0 Å². The van der Waals surface area contributed by atoms with E-state index in [0.29, 0.717) is 18.4 Å². The highest BCUT2D eigenvalue weighted by Crippen LogP contribution is 2.40. The molecule has 2 fully saturated rings. The van der Waals surface area contributed by atoms with E-state index < -0.39 is 30.0 Å². The topological polar surface area (TPSA) is 75.7 Å². The molecule has 2 saturated heterocycles. The summed E-state index contributed by atoms with van der Waals surface area (Å²) in [5.41, 5.74) is 0.433. The second-order valence-corrected chi connectivity index (χ2v) is 5.75. The molecule has 3 unspecified atom stereocenters. The molecule has 117 valence electrons. The lowest BCUT2D eigenvalue weighted by Gasteiger charge is -2.37. The maximum atomic E-state index is 12.2. The number of methoxy groups -OCH3 is 1. The lowest BCUT2D eigenvalue weighted by atomic mass is 9.88. The smallest absolute Gasteiger partial charge is 0.338 e. The van der Waals surface area contributed by atoms with E-state index in [1.165, 1.54) is 7.11 Å². The predicted molar refractivity (Wildman–Crippen MR) is 75.1 cm³/mol. The molecular formula is C16H18NO5. The van der Waals surface area contributed by atoms with E-state index in [1.54, 1.807) is 24.3 Å². The lowest BCUT2D eigenvalue weighted by molar-refractivity contribution is -0.237. The number of nitrogens with zero attached hydrogens (tertiary/aromatic N) is 1. The summed E-state index contributed by atoms with van der Waals surface area (Å²) in [5, 5.41) is 13.1. The van der Waals surface area contributed by atoms with E-state index in [4.69, 9.17) is 9.47 Å². The summed E-state index contributed by atoms with van der Waals surface area (Å²) < 4.78 is 10.3. The fourth-order valence-electron chi connectivity index (χ4n) is 3.46. The molecule has 2 aliphatic rings. The van der Waals surface area contributed by atoms with Crippen LogP contribution in [0.15, 0.2) is 30.3 Å². The molecule has 1 aromatic carbocycles. The number of hydrogen-bond acceptors (Lipinski definition) is 5. The van der Waals surface area contributed by atoms with E-state index in [1.807, 2.05) is 6.07 Å². The quantitative estimate of drug-likeness (QED) is 0.793. The highest BCUT2D eigenvalue weighted by molar-refractivity contribution is 5.89. The van der Waals surface area contributed by atoms with Crippen LogP contribution in [0.1, 0.15) is 29.6 Å². The van der Waals surface area contributed by atoms with Crippen LogP contribution in [0.3, 0.4) is 0 Å². The van der Waals surface area contributed by atoms with Gasteiger partial charge in [0.25, 0.3) is 0 Å². The molecule has 0 aliphatic carbocycles. The minimum atomic E-state index is -0.714. The first-order valence-corrected chi connectivity index (χ1v) is 7.41. The van der Waals surface area contributed by atoms with E-state index >= 15 is 0 Å². The fraction of sp³-hybridized carbons (Fsp3) is 0.500. The first-order valence-electron chi connectivity index (χ1n) is 7.41. The number of hydroxylamine groups is 2. The molecule has 4 atom stereocenters. The van der Waals surface area contributed by atoms with Gasteiger partial charge in [0.05, 0.1) is 18.7 Å². The predicted octanol–water partition coefficient (Wildman–Crippen LogP) is 1.58. The lowest BCUT2D eigenvalue weighted by Crippen LogP contribution is -2.53. The second kappa shape index (κ2) is 6.06. The van der Waals surface area contributed by atoms with Crippen molar-refractivity contribution in [1.82, 2.24) is 5.06 Å². The van der Waals surface area contributed by atoms with Gasteiger partial charge in [-0.1, -0.05) is 18.2 Å². The largest absolute Gasteiger partial charge is 0.469 e. The Morgan fingerprint density at radius 3 is 2.59 bits per heavy atom. The highest BCUT2D eigenvalue weighted by atomic mass is 16.6. The zero-order chi connectivity index (χ0) is 15.7. The summed E-state index contributed by atoms with van der Waals surface area (Å²) in [7, 11) is 1.29. The molecule has 0 N–H and O–H groups in total. The number of rotatable bonds is 3. The Morgan fingerprint density at radius 2 is 1.91 bits per heavy atom. The fourth-order valence-corrected chi connectivity index (χ4v) is 3.46. The molecule has 0 amide bonds. The molecule has 0 spiro atoms. The summed E-state index contributed by atoms with van der Waals surface area (Å²) in [6, 6.07) is 7.99. The zero-order valence-corrected chi connectivity index (χ0v) is 12.3. The van der Waals surface area contributed by atoms with Crippen LogP contribution >= 0.6 is 0 Å². The molecule has 1 radical (unpaired) electrons. The van der Waals surface area contributed by atoms with Crippen molar-refractivity contribution in [2.45, 2.75) is 37.5 Å². The Morgan fingerprint density at radius 1 is 1.18 bits per heavy atom. The average Bonchev–Trinajstić information content (AvgIpc) is 2.78. The summed E-state index contributed by atoms with van der Waals surface area (Å²) in [4.78, 5) is 24.3. The third kappa shape index (κ3) is 2.60. The summed E-state index contributed by atoms with van der Waals surface area (Å²) >= 11 is 0. The Hall–Kier alpha value is -1.92. The number of fused-ring (bicyclic) bond motifs is 2. The van der Waals surface area contributed by atoms with Crippen LogP contribution in [0, 0.1) is 5.92 Å². The van der Waals surface area contributed by atoms with Crippen molar-refractivity contribution in [3.63, 3.8) is 0 Å². The molecule has 1 aromatic rings. The van der Waals surface area contributed by atoms with Gasteiger partial charge in [-0.15, -0.1) is 10.3 Å². The van der Waals surface area contributed by atoms with Gasteiger partial charge in [0, 0.05) is 12.5 Å². The average molecular weight is 304 g/mol. The zero-order valence-electron chi connectivity index (χ0n) is 12.3. The van der Waals surface area contributed by atoms with Crippen LogP contribution in [-0.2, 0) is 19.5 Å². The molecule has 2 bridgehead atoms. The van der Waals surface area contributed by atoms with Gasteiger partial charge in [0.15, 0.2) is 0 Å². The van der Waals surface area contributed by atoms with E-state index in [-0.39, 0.29) is 6.04 Å². The molecule has 6 nitrogen and oxygen atoms in total. The van der Waals surface area contributed by atoms with Gasteiger partial charge in [0.2, 0.25) is 0 Å². The van der Waals surface area contributed by atoms with Crippen molar-refractivity contribution in [3.05, 3.63) is 35.9 Å². The van der Waals surface area contributed by atoms with Crippen LogP contribution in [0.5, 0.6) is 0 Å². The standard InChI is InChI=1S/C16H18NO5/c1-21-16(19)14-12-8-7-11(17(12)20)9-13(14)22-15(18)10-5-3-2-4-6-10/h2-6,11-14H,7-9H2,1H3/t11?,12-,13?,14?/m1/s1. The molecule has 2 heterocycles. The number of piperidine rings is 1. The third-order valence-electron chi connectivity index (χ3n) is 4.54. The Balaban J connectivity index is 1.79. The summed E-state index contributed by atoms with van der Waals surface area (Å²) in [6.07, 6.45) is 1.12. The summed E-state index contributed by atoms with van der Waals surface area (Å²) in [5.74, 6) is -1.68. The van der Waals surface area contributed by atoms with Crippen molar-refractivity contribution in [2.75, 3.05) is 7.11 Å². The minimum absolute atomic E-state index is 0.181. The number of benzene rings is 1. The van der Waals surface area contributed by atoms with Gasteiger partial charge in [-0.3, -0.25) is 4.79 Å². The van der Waals surface area contributed by atoms with Crippen molar-refractivity contribution < 1.29 is 24.3 Å². The molecule has 0 aromatic heterocycles. The Labute approximate surface area is 128 Å². The van der Waals surface area contributed by atoms with Crippen molar-refractivity contribution in [3.8, 4) is 0 Å². The van der Waals surface area contributed by atoms with E-state index in [0.717, 1.165) is 11.5 Å². The number of hydrogen-bond donors (Lipinski definition) is 0. The van der Waals surface area contributed by atoms with Gasteiger partial charge < -0.3 is 9.47 Å². The maximum absolute atomic E-state index is 12.2. The van der Waals surface area contributed by atoms with Gasteiger partial charge >= 0.3 is 11.9 Å². The first-order chi connectivity index (χ1) is 10.6. The number of esters is 2. The van der Waals surface area contributed by atoms with Crippen LogP contribution in [0.2, 0.25) is 0 Å². The molecule has 0 saturated carbocycles. The van der Waals surface area contributed by atoms with Gasteiger partial charge in [-0.05, 0) is 25.0 Å². The van der Waals surface area contributed by atoms with Crippen molar-refractivity contribution in [2.24, 2.45) is 5.92 Å². The monoisotopic (exact) mass is 304 g/mol. The third-order valence-corrected chi connectivity index (χ3v) is 4.54. The van der Waals surface area contributed by atoms with E-state index in [9.17, 15) is 14.8 Å². The Bertz CT molecular complexity index is 561. The van der Waals surface area contributed by atoms with Crippen LogP contribution < -0.4 is 0 Å². The molecule has 3 rings (SSSR count). The second-order valence-electron chi connectivity index (χ2n) is 5.75. The van der Waals surface area contributed by atoms with E-state index in [2.05, 4.69) is 0 Å². The maximum Gasteiger partial charge on any atom is 0.338 e. The molecular weight excluding hydrogens is 286 g/mol. The number of carbonyl (C=O) groups is 2. The van der Waals surface area contributed by atoms with Crippen LogP contribution in [0.25, 0.3) is 0 Å².